The number of halogens is 1. The van der Waals surface area contributed by atoms with Gasteiger partial charge in [0.15, 0.2) is 0 Å². The fourth-order valence-electron chi connectivity index (χ4n) is 3.48. The van der Waals surface area contributed by atoms with Gasteiger partial charge in [-0.15, -0.1) is 0 Å². The van der Waals surface area contributed by atoms with Crippen molar-refractivity contribution in [3.05, 3.63) is 59.1 Å². The van der Waals surface area contributed by atoms with Crippen LogP contribution >= 0.6 is 11.6 Å². The maximum absolute atomic E-state index is 12.3. The molecule has 1 aliphatic heterocycles. The van der Waals surface area contributed by atoms with E-state index in [1.54, 1.807) is 48.5 Å². The van der Waals surface area contributed by atoms with Crippen molar-refractivity contribution >= 4 is 34.8 Å². The zero-order chi connectivity index (χ0) is 19.9. The van der Waals surface area contributed by atoms with Gasteiger partial charge in [-0.1, -0.05) is 18.5 Å². The zero-order valence-electron chi connectivity index (χ0n) is 16.0. The van der Waals surface area contributed by atoms with Gasteiger partial charge in [-0.2, -0.15) is 0 Å². The summed E-state index contributed by atoms with van der Waals surface area (Å²) in [4.78, 5) is 24.6. The summed E-state index contributed by atoms with van der Waals surface area (Å²) in [5.41, 5.74) is 1.93. The second-order valence-electron chi connectivity index (χ2n) is 7.37. The highest BCUT2D eigenvalue weighted by atomic mass is 35.5. The number of hydrogen-bond acceptors (Lipinski definition) is 3. The van der Waals surface area contributed by atoms with Crippen molar-refractivity contribution in [3.8, 4) is 0 Å². The van der Waals surface area contributed by atoms with Crippen molar-refractivity contribution in [2.24, 2.45) is 11.8 Å². The Hall–Kier alpha value is -2.37. The molecule has 1 heterocycles. The van der Waals surface area contributed by atoms with Crippen molar-refractivity contribution < 1.29 is 9.59 Å². The lowest BCUT2D eigenvalue weighted by Gasteiger charge is -2.28. The van der Waals surface area contributed by atoms with Crippen molar-refractivity contribution in [3.63, 3.8) is 0 Å². The maximum Gasteiger partial charge on any atom is 0.255 e. The summed E-state index contributed by atoms with van der Waals surface area (Å²) >= 11 is 5.84. The maximum atomic E-state index is 12.3. The molecule has 2 aromatic rings. The average molecular weight is 400 g/mol. The predicted molar refractivity (Wildman–Crippen MR) is 114 cm³/mol. The van der Waals surface area contributed by atoms with Crippen LogP contribution < -0.4 is 16.0 Å². The molecule has 1 saturated heterocycles. The third kappa shape index (κ3) is 5.81. The van der Waals surface area contributed by atoms with Gasteiger partial charge in [-0.05, 0) is 86.3 Å². The Morgan fingerprint density at radius 1 is 1.07 bits per heavy atom. The number of carbonyl (C=O) groups excluding carboxylic acids is 2. The smallest absolute Gasteiger partial charge is 0.255 e. The summed E-state index contributed by atoms with van der Waals surface area (Å²) < 4.78 is 0. The summed E-state index contributed by atoms with van der Waals surface area (Å²) in [5.74, 6) is 0.732. The zero-order valence-corrected chi connectivity index (χ0v) is 16.8. The molecule has 0 aromatic heterocycles. The molecule has 28 heavy (non-hydrogen) atoms. The minimum atomic E-state index is -0.205. The fraction of sp³-hybridized carbons (Fsp3) is 0.364. The SMILES string of the molecule is CC(CC(=O)Nc1ccc(NC(=O)c2ccc(Cl)cc2)cc1)C1CCCNC1. The first kappa shape index (κ1) is 20.4. The molecule has 2 atom stereocenters. The average Bonchev–Trinajstić information content (AvgIpc) is 2.70. The minimum absolute atomic E-state index is 0.0241. The van der Waals surface area contributed by atoms with Crippen LogP contribution in [0.5, 0.6) is 0 Å². The molecule has 1 fully saturated rings. The van der Waals surface area contributed by atoms with Gasteiger partial charge < -0.3 is 16.0 Å². The highest BCUT2D eigenvalue weighted by molar-refractivity contribution is 6.30. The van der Waals surface area contributed by atoms with E-state index in [1.807, 2.05) is 0 Å². The van der Waals surface area contributed by atoms with Crippen LogP contribution in [0.3, 0.4) is 0 Å². The van der Waals surface area contributed by atoms with Gasteiger partial charge in [0.05, 0.1) is 0 Å². The topological polar surface area (TPSA) is 70.2 Å². The number of nitrogens with one attached hydrogen (secondary N) is 3. The molecule has 0 saturated carbocycles. The van der Waals surface area contributed by atoms with E-state index >= 15 is 0 Å². The number of piperidine rings is 1. The van der Waals surface area contributed by atoms with Gasteiger partial charge in [-0.3, -0.25) is 9.59 Å². The summed E-state index contributed by atoms with van der Waals surface area (Å²) in [6.07, 6.45) is 2.88. The molecular weight excluding hydrogens is 374 g/mol. The van der Waals surface area contributed by atoms with E-state index in [9.17, 15) is 9.59 Å². The molecule has 3 rings (SSSR count). The third-order valence-electron chi connectivity index (χ3n) is 5.18. The van der Waals surface area contributed by atoms with Gasteiger partial charge >= 0.3 is 0 Å². The predicted octanol–water partition coefficient (Wildman–Crippen LogP) is 4.56. The molecular formula is C22H26ClN3O2. The van der Waals surface area contributed by atoms with E-state index < -0.39 is 0 Å². The number of hydrogen-bond donors (Lipinski definition) is 3. The Morgan fingerprint density at radius 3 is 2.32 bits per heavy atom. The number of rotatable bonds is 6. The first-order chi connectivity index (χ1) is 13.5. The van der Waals surface area contributed by atoms with Crippen LogP contribution in [0.4, 0.5) is 11.4 Å². The third-order valence-corrected chi connectivity index (χ3v) is 5.43. The molecule has 0 bridgehead atoms. The Kier molecular flexibility index (Phi) is 7.06. The monoisotopic (exact) mass is 399 g/mol. The molecule has 6 heteroatoms. The highest BCUT2D eigenvalue weighted by Gasteiger charge is 2.22. The number of anilines is 2. The molecule has 0 spiro atoms. The Morgan fingerprint density at radius 2 is 1.71 bits per heavy atom. The molecule has 2 amide bonds. The van der Waals surface area contributed by atoms with Crippen LogP contribution in [-0.4, -0.2) is 24.9 Å². The number of amides is 2. The fourth-order valence-corrected chi connectivity index (χ4v) is 3.60. The molecule has 2 aromatic carbocycles. The van der Waals surface area contributed by atoms with Gasteiger partial charge in [0.1, 0.15) is 0 Å². The molecule has 5 nitrogen and oxygen atoms in total. The quantitative estimate of drug-likeness (QED) is 0.667. The normalized spacial score (nSPS) is 17.6. The first-order valence-electron chi connectivity index (χ1n) is 9.69. The molecule has 148 valence electrons. The second kappa shape index (κ2) is 9.71. The van der Waals surface area contributed by atoms with Crippen LogP contribution in [0.2, 0.25) is 5.02 Å². The number of carbonyl (C=O) groups is 2. The Labute approximate surface area is 170 Å². The second-order valence-corrected chi connectivity index (χ2v) is 7.81. The van der Waals surface area contributed by atoms with Crippen molar-refractivity contribution in [2.75, 3.05) is 23.7 Å². The summed E-state index contributed by atoms with van der Waals surface area (Å²) in [6.45, 7) is 4.22. The molecule has 0 aliphatic carbocycles. The molecule has 0 radical (unpaired) electrons. The lowest BCUT2D eigenvalue weighted by atomic mass is 9.85. The molecule has 2 unspecified atom stereocenters. The van der Waals surface area contributed by atoms with E-state index in [0.29, 0.717) is 34.5 Å². The van der Waals surface area contributed by atoms with E-state index in [2.05, 4.69) is 22.9 Å². The van der Waals surface area contributed by atoms with Gasteiger partial charge in [0.25, 0.3) is 5.91 Å². The van der Waals surface area contributed by atoms with Crippen LogP contribution in [0.1, 0.15) is 36.5 Å². The lowest BCUT2D eigenvalue weighted by molar-refractivity contribution is -0.117. The van der Waals surface area contributed by atoms with Crippen LogP contribution in [0, 0.1) is 11.8 Å². The Bertz CT molecular complexity index is 800. The van der Waals surface area contributed by atoms with Crippen molar-refractivity contribution in [1.82, 2.24) is 5.32 Å². The standard InChI is InChI=1S/C22H26ClN3O2/c1-15(17-3-2-12-24-14-17)13-21(27)25-19-8-10-20(11-9-19)26-22(28)16-4-6-18(23)7-5-16/h4-11,15,17,24H,2-3,12-14H2,1H3,(H,25,27)(H,26,28). The van der Waals surface area contributed by atoms with E-state index in [4.69, 9.17) is 11.6 Å². The van der Waals surface area contributed by atoms with E-state index in [0.717, 1.165) is 18.8 Å². The van der Waals surface area contributed by atoms with Crippen molar-refractivity contribution in [2.45, 2.75) is 26.2 Å². The van der Waals surface area contributed by atoms with E-state index in [1.165, 1.54) is 12.8 Å². The van der Waals surface area contributed by atoms with Gasteiger partial charge in [0, 0.05) is 28.4 Å². The molecule has 3 N–H and O–H groups in total. The van der Waals surface area contributed by atoms with Gasteiger partial charge in [-0.25, -0.2) is 0 Å². The highest BCUT2D eigenvalue weighted by Crippen LogP contribution is 2.23. The summed E-state index contributed by atoms with van der Waals surface area (Å²) in [6, 6.07) is 13.9. The summed E-state index contributed by atoms with van der Waals surface area (Å²) in [5, 5.41) is 9.77. The largest absolute Gasteiger partial charge is 0.326 e. The first-order valence-corrected chi connectivity index (χ1v) is 10.1. The van der Waals surface area contributed by atoms with Crippen molar-refractivity contribution in [1.29, 1.82) is 0 Å². The lowest BCUT2D eigenvalue weighted by Crippen LogP contribution is -2.34. The van der Waals surface area contributed by atoms with Crippen LogP contribution in [-0.2, 0) is 4.79 Å². The minimum Gasteiger partial charge on any atom is -0.326 e. The van der Waals surface area contributed by atoms with E-state index in [-0.39, 0.29) is 11.8 Å². The van der Waals surface area contributed by atoms with Gasteiger partial charge in [0.2, 0.25) is 5.91 Å². The number of benzene rings is 2. The van der Waals surface area contributed by atoms with Crippen LogP contribution in [0.25, 0.3) is 0 Å². The van der Waals surface area contributed by atoms with Crippen LogP contribution in [0.15, 0.2) is 48.5 Å². The molecule has 1 aliphatic rings. The summed E-state index contributed by atoms with van der Waals surface area (Å²) in [7, 11) is 0. The Balaban J connectivity index is 1.50.